The molecule has 10 N–H and O–H groups in total. The van der Waals surface area contributed by atoms with Crippen molar-refractivity contribution in [2.45, 2.75) is 372 Å². The highest BCUT2D eigenvalue weighted by molar-refractivity contribution is 5.48. The molecule has 24 nitrogen and oxygen atoms in total. The maximum atomic E-state index is 11.7. The van der Waals surface area contributed by atoms with Gasteiger partial charge in [0.1, 0.15) is 0 Å². The molecule has 8 rings (SSSR count). The van der Waals surface area contributed by atoms with Crippen LogP contribution < -0.4 is 31.1 Å². The summed E-state index contributed by atoms with van der Waals surface area (Å²) in [5, 5.41) is 92.7. The van der Waals surface area contributed by atoms with Crippen molar-refractivity contribution < 1.29 is 31.2 Å². The normalized spacial score (nSPS) is 27.5. The van der Waals surface area contributed by atoms with E-state index in [1.165, 1.54) is 30.4 Å². The summed E-state index contributed by atoms with van der Waals surface area (Å²) in [5.41, 5.74) is -6.32. The number of hydrogen-bond acceptors (Lipinski definition) is 24. The summed E-state index contributed by atoms with van der Waals surface area (Å²) in [6, 6.07) is -0.273. The van der Waals surface area contributed by atoms with Crippen LogP contribution in [0.15, 0.2) is 0 Å². The fourth-order valence-corrected chi connectivity index (χ4v) is 18.2. The van der Waals surface area contributed by atoms with Gasteiger partial charge in [0.25, 0.3) is 0 Å². The zero-order valence-corrected chi connectivity index (χ0v) is 60.1. The lowest BCUT2D eigenvalue weighted by atomic mass is 9.78. The van der Waals surface area contributed by atoms with Crippen LogP contribution >= 0.6 is 0 Å². The molecule has 0 amide bonds. The molecule has 0 unspecified atom stereocenters. The van der Waals surface area contributed by atoms with E-state index in [9.17, 15) is 31.2 Å². The van der Waals surface area contributed by atoms with E-state index in [1.807, 2.05) is 0 Å². The van der Waals surface area contributed by atoms with Crippen molar-refractivity contribution in [1.82, 2.24) is 60.3 Å². The third kappa shape index (κ3) is 15.7. The standard InChI is InChI=1S/C66H124N18O6/c1-55(2)31-43(32-56(3,4)79(55)85)67-49-71-50(68-44-33-57(5,6)80(86)58(7,8)34-44)74-53(73-49)77(47-39-63(17,18)83(89)64(19,20)40-47)29-27-25-26-28-30-78(48-41-65(21,22)84(90)66(23,24)42-48)54-75-51(69-45-35-59(9,10)81(87)60(11,12)36-45)72-52(76-54)70-46-37-61(13,14)82(88)62(15,16)38-46/h43-48,85-90H,25-42H2,1-24H3,(H2,67,68,71,73,74)(H2,69,70,72,75,76). The number of hydrogen-bond donors (Lipinski definition) is 10. The van der Waals surface area contributed by atoms with Crippen LogP contribution in [0.4, 0.5) is 35.7 Å². The van der Waals surface area contributed by atoms with Gasteiger partial charge in [-0.2, -0.15) is 60.3 Å². The molecule has 0 aromatic carbocycles. The Morgan fingerprint density at radius 1 is 0.278 bits per heavy atom. The summed E-state index contributed by atoms with van der Waals surface area (Å²) in [7, 11) is 0. The smallest absolute Gasteiger partial charge is 0.232 e. The van der Waals surface area contributed by atoms with Gasteiger partial charge in [0.05, 0.1) is 0 Å². The predicted octanol–water partition coefficient (Wildman–Crippen LogP) is 12.0. The van der Waals surface area contributed by atoms with Gasteiger partial charge in [0.2, 0.25) is 35.7 Å². The first-order valence-electron chi connectivity index (χ1n) is 34.0. The molecular formula is C66H124N18O6. The Balaban J connectivity index is 1.11. The molecule has 2 aromatic heterocycles. The molecule has 0 saturated carbocycles. The van der Waals surface area contributed by atoms with Gasteiger partial charge in [0, 0.05) is 116 Å². The molecule has 0 radical (unpaired) electrons. The van der Waals surface area contributed by atoms with Crippen molar-refractivity contribution in [3.8, 4) is 0 Å². The average molecular weight is 1270 g/mol. The fraction of sp³-hybridized carbons (Fsp3) is 0.909. The number of hydroxylamine groups is 12. The number of rotatable bonds is 19. The van der Waals surface area contributed by atoms with Crippen molar-refractivity contribution in [2.75, 3.05) is 44.2 Å². The first-order valence-corrected chi connectivity index (χ1v) is 34.0. The molecule has 0 spiro atoms. The minimum Gasteiger partial charge on any atom is -0.351 e. The Kier molecular flexibility index (Phi) is 19.9. The zero-order chi connectivity index (χ0) is 67.3. The van der Waals surface area contributed by atoms with Crippen LogP contribution in [0, 0.1) is 0 Å². The molecule has 90 heavy (non-hydrogen) atoms. The number of nitrogens with one attached hydrogen (secondary N) is 4. The average Bonchev–Trinajstić information content (AvgIpc) is 0.802. The van der Waals surface area contributed by atoms with E-state index in [-0.39, 0.29) is 36.3 Å². The van der Waals surface area contributed by atoms with Crippen molar-refractivity contribution in [3.05, 3.63) is 0 Å². The number of unbranched alkanes of at least 4 members (excludes halogenated alkanes) is 3. The fourth-order valence-electron chi connectivity index (χ4n) is 18.2. The van der Waals surface area contributed by atoms with E-state index in [0.717, 1.165) is 25.7 Å². The van der Waals surface area contributed by atoms with Gasteiger partial charge >= 0.3 is 0 Å². The molecule has 6 saturated heterocycles. The third-order valence-corrected chi connectivity index (χ3v) is 21.3. The van der Waals surface area contributed by atoms with E-state index >= 15 is 0 Å². The van der Waals surface area contributed by atoms with E-state index in [4.69, 9.17) is 29.9 Å². The van der Waals surface area contributed by atoms with Crippen molar-refractivity contribution in [1.29, 1.82) is 0 Å². The van der Waals surface area contributed by atoms with Crippen molar-refractivity contribution in [2.24, 2.45) is 0 Å². The Morgan fingerprint density at radius 2 is 0.444 bits per heavy atom. The molecular weight excluding hydrogens is 1140 g/mol. The molecule has 6 fully saturated rings. The maximum absolute atomic E-state index is 11.7. The highest BCUT2D eigenvalue weighted by Crippen LogP contribution is 2.46. The molecule has 8 heterocycles. The van der Waals surface area contributed by atoms with Gasteiger partial charge in [0.15, 0.2) is 0 Å². The van der Waals surface area contributed by atoms with Crippen LogP contribution in [0.1, 0.15) is 269 Å². The van der Waals surface area contributed by atoms with Gasteiger partial charge in [-0.1, -0.05) is 12.8 Å². The molecule has 0 atom stereocenters. The van der Waals surface area contributed by atoms with Crippen LogP contribution in [0.5, 0.6) is 0 Å². The minimum absolute atomic E-state index is 0.0387. The summed E-state index contributed by atoms with van der Waals surface area (Å²) in [4.78, 5) is 36.4. The summed E-state index contributed by atoms with van der Waals surface area (Å²) in [5.74, 6) is 2.98. The van der Waals surface area contributed by atoms with Gasteiger partial charge in [-0.3, -0.25) is 0 Å². The van der Waals surface area contributed by atoms with Crippen LogP contribution in [-0.4, -0.2) is 207 Å². The number of nitrogens with zero attached hydrogens (tertiary/aromatic N) is 14. The van der Waals surface area contributed by atoms with Crippen LogP contribution in [0.3, 0.4) is 0 Å². The number of anilines is 6. The Labute approximate surface area is 540 Å². The highest BCUT2D eigenvalue weighted by Gasteiger charge is 2.52. The third-order valence-electron chi connectivity index (χ3n) is 21.3. The van der Waals surface area contributed by atoms with Gasteiger partial charge < -0.3 is 62.3 Å². The number of piperidine rings is 6. The first-order chi connectivity index (χ1) is 40.9. The maximum Gasteiger partial charge on any atom is 0.232 e. The second-order valence-electron chi connectivity index (χ2n) is 36.1. The zero-order valence-electron chi connectivity index (χ0n) is 60.1. The summed E-state index contributed by atoms with van der Waals surface area (Å²) in [6.07, 6.45) is 11.4. The van der Waals surface area contributed by atoms with E-state index in [0.29, 0.717) is 126 Å². The number of aromatic nitrogens is 6. The Hall–Kier alpha value is -3.66. The molecule has 0 aliphatic carbocycles. The molecule has 0 bridgehead atoms. The highest BCUT2D eigenvalue weighted by atomic mass is 16.5. The summed E-state index contributed by atoms with van der Waals surface area (Å²) >= 11 is 0. The van der Waals surface area contributed by atoms with Gasteiger partial charge in [-0.05, 0) is 256 Å². The lowest BCUT2D eigenvalue weighted by Crippen LogP contribution is -2.63. The lowest BCUT2D eigenvalue weighted by Gasteiger charge is -2.53. The quantitative estimate of drug-likeness (QED) is 0.0586. The largest absolute Gasteiger partial charge is 0.351 e. The SMILES string of the molecule is CC1(C)CC(Nc2nc(NC3CC(C)(C)N(O)C(C)(C)C3)nc(N(CCCCCCN(c3nc(NC4CC(C)(C)N(O)C(C)(C)C4)nc(NC4CC(C)(C)N(O)C(C)(C)C4)n3)C3CC(C)(C)N(O)C(C)(C)C3)C3CC(C)(C)N(O)C(C)(C)C3)n2)CC(C)(C)N1O. The molecule has 6 aliphatic heterocycles. The second kappa shape index (κ2) is 24.8. The van der Waals surface area contributed by atoms with E-state index in [1.54, 1.807) is 0 Å². The first kappa shape index (κ1) is 72.2. The van der Waals surface area contributed by atoms with Crippen molar-refractivity contribution >= 4 is 35.7 Å². The minimum atomic E-state index is -0.558. The van der Waals surface area contributed by atoms with Crippen molar-refractivity contribution in [3.63, 3.8) is 0 Å². The van der Waals surface area contributed by atoms with Crippen LogP contribution in [-0.2, 0) is 0 Å². The second-order valence-corrected chi connectivity index (χ2v) is 36.1. The monoisotopic (exact) mass is 1260 g/mol. The van der Waals surface area contributed by atoms with E-state index in [2.05, 4.69) is 197 Å². The van der Waals surface area contributed by atoms with Crippen LogP contribution in [0.25, 0.3) is 0 Å². The van der Waals surface area contributed by atoms with Gasteiger partial charge in [-0.25, -0.2) is 0 Å². The molecule has 24 heteroatoms. The molecule has 514 valence electrons. The van der Waals surface area contributed by atoms with E-state index < -0.39 is 66.5 Å². The molecule has 6 aliphatic rings. The predicted molar refractivity (Wildman–Crippen MR) is 356 cm³/mol. The summed E-state index contributed by atoms with van der Waals surface area (Å²) in [6.45, 7) is 51.2. The van der Waals surface area contributed by atoms with Crippen LogP contribution in [0.2, 0.25) is 0 Å². The van der Waals surface area contributed by atoms with Gasteiger partial charge in [-0.15, -0.1) is 0 Å². The Morgan fingerprint density at radius 3 is 0.622 bits per heavy atom. The summed E-state index contributed by atoms with van der Waals surface area (Å²) < 4.78 is 0. The topological polar surface area (TPSA) is 273 Å². The molecule has 2 aromatic rings. The Bertz CT molecular complexity index is 2390. The lowest BCUT2D eigenvalue weighted by molar-refractivity contribution is -0.244.